The molecule has 0 saturated heterocycles. The number of carboxylic acid groups (broad SMARTS) is 1. The first kappa shape index (κ1) is 23.4. The second-order valence-electron chi connectivity index (χ2n) is 10.4. The van der Waals surface area contributed by atoms with Crippen LogP contribution in [0.1, 0.15) is 56.1 Å². The second kappa shape index (κ2) is 9.36. The third-order valence-electron chi connectivity index (χ3n) is 7.88. The SMILES string of the molecule is CC1CCCC(NC(=O)[C@@H]2C[C@@H]2CNC(=O)OCC2c3ccccc3-c3ccccc32)(C(=O)O)C1. The fourth-order valence-corrected chi connectivity index (χ4v) is 5.90. The molecule has 2 fully saturated rings. The zero-order chi connectivity index (χ0) is 24.6. The van der Waals surface area contributed by atoms with Crippen LogP contribution in [0.4, 0.5) is 4.79 Å². The van der Waals surface area contributed by atoms with Crippen molar-refractivity contribution >= 4 is 18.0 Å². The average molecular weight is 477 g/mol. The van der Waals surface area contributed by atoms with Crippen molar-refractivity contribution in [2.24, 2.45) is 17.8 Å². The van der Waals surface area contributed by atoms with Gasteiger partial charge in [0.25, 0.3) is 0 Å². The molecule has 7 nitrogen and oxygen atoms in total. The molecule has 0 spiro atoms. The Labute approximate surface area is 205 Å². The van der Waals surface area contributed by atoms with Crippen LogP contribution in [0, 0.1) is 17.8 Å². The van der Waals surface area contributed by atoms with Gasteiger partial charge in [0.1, 0.15) is 12.1 Å². The summed E-state index contributed by atoms with van der Waals surface area (Å²) in [6, 6.07) is 16.4. The number of fused-ring (bicyclic) bond motifs is 3. The lowest BCUT2D eigenvalue weighted by molar-refractivity contribution is -0.150. The minimum atomic E-state index is -1.16. The maximum Gasteiger partial charge on any atom is 0.407 e. The van der Waals surface area contributed by atoms with E-state index in [4.69, 9.17) is 4.74 Å². The monoisotopic (exact) mass is 476 g/mol. The first-order chi connectivity index (χ1) is 16.9. The zero-order valence-electron chi connectivity index (χ0n) is 20.0. The molecule has 0 bridgehead atoms. The normalized spacial score (nSPS) is 26.8. The highest BCUT2D eigenvalue weighted by Crippen LogP contribution is 2.44. The van der Waals surface area contributed by atoms with Crippen LogP contribution in [0.15, 0.2) is 48.5 Å². The highest BCUT2D eigenvalue weighted by atomic mass is 16.5. The fraction of sp³-hybridized carbons (Fsp3) is 0.464. The minimum Gasteiger partial charge on any atom is -0.480 e. The van der Waals surface area contributed by atoms with Gasteiger partial charge in [0.05, 0.1) is 0 Å². The number of nitrogens with one attached hydrogen (secondary N) is 2. The quantitative estimate of drug-likeness (QED) is 0.552. The summed E-state index contributed by atoms with van der Waals surface area (Å²) in [5.41, 5.74) is 3.50. The van der Waals surface area contributed by atoms with Gasteiger partial charge in [0, 0.05) is 18.4 Å². The Kier molecular flexibility index (Phi) is 6.26. The molecule has 0 aliphatic heterocycles. The van der Waals surface area contributed by atoms with E-state index in [1.54, 1.807) is 0 Å². The van der Waals surface area contributed by atoms with Crippen molar-refractivity contribution in [2.45, 2.75) is 50.5 Å². The lowest BCUT2D eigenvalue weighted by Crippen LogP contribution is -2.57. The van der Waals surface area contributed by atoms with E-state index in [0.29, 0.717) is 25.8 Å². The topological polar surface area (TPSA) is 105 Å². The summed E-state index contributed by atoms with van der Waals surface area (Å²) in [4.78, 5) is 37.1. The van der Waals surface area contributed by atoms with Crippen molar-refractivity contribution in [3.8, 4) is 11.1 Å². The maximum atomic E-state index is 12.8. The molecule has 3 N–H and O–H groups in total. The fourth-order valence-electron chi connectivity index (χ4n) is 5.90. The van der Waals surface area contributed by atoms with E-state index in [2.05, 4.69) is 34.9 Å². The molecule has 5 rings (SSSR count). The third kappa shape index (κ3) is 4.64. The molecule has 7 heteroatoms. The summed E-state index contributed by atoms with van der Waals surface area (Å²) in [6.45, 7) is 2.61. The van der Waals surface area contributed by atoms with E-state index in [-0.39, 0.29) is 36.2 Å². The van der Waals surface area contributed by atoms with E-state index in [0.717, 1.165) is 24.0 Å². The molecule has 3 aliphatic rings. The Morgan fingerprint density at radius 2 is 1.71 bits per heavy atom. The van der Waals surface area contributed by atoms with Crippen molar-refractivity contribution in [1.82, 2.24) is 10.6 Å². The number of benzene rings is 2. The Hall–Kier alpha value is -3.35. The van der Waals surface area contributed by atoms with Crippen LogP contribution in [0.3, 0.4) is 0 Å². The Morgan fingerprint density at radius 3 is 2.34 bits per heavy atom. The van der Waals surface area contributed by atoms with Gasteiger partial charge in [-0.25, -0.2) is 9.59 Å². The molecule has 184 valence electrons. The number of rotatable bonds is 7. The number of hydrogen-bond acceptors (Lipinski definition) is 4. The van der Waals surface area contributed by atoms with E-state index < -0.39 is 17.6 Å². The van der Waals surface area contributed by atoms with E-state index in [9.17, 15) is 19.5 Å². The standard InChI is InChI=1S/C28H32N2O5/c1-17-7-6-12-28(14-17,26(32)33)30-25(31)23-13-18(23)15-29-27(34)35-16-24-21-10-4-2-8-19(21)20-9-3-5-11-22(20)24/h2-5,8-11,17-18,23-24H,6-7,12-16H2,1H3,(H,29,34)(H,30,31)(H,32,33)/t17?,18-,23-,28?/m1/s1. The van der Waals surface area contributed by atoms with E-state index in [1.165, 1.54) is 11.1 Å². The van der Waals surface area contributed by atoms with E-state index >= 15 is 0 Å². The first-order valence-corrected chi connectivity index (χ1v) is 12.5. The van der Waals surface area contributed by atoms with Crippen LogP contribution in [0.5, 0.6) is 0 Å². The van der Waals surface area contributed by atoms with Crippen LogP contribution in [-0.2, 0) is 14.3 Å². The van der Waals surface area contributed by atoms with Gasteiger partial charge in [-0.1, -0.05) is 68.3 Å². The minimum absolute atomic E-state index is 0.00213. The Balaban J connectivity index is 1.11. The molecule has 0 heterocycles. The van der Waals surface area contributed by atoms with Crippen molar-refractivity contribution in [1.29, 1.82) is 0 Å². The molecule has 2 saturated carbocycles. The molecule has 4 atom stereocenters. The summed E-state index contributed by atoms with van der Waals surface area (Å²) in [7, 11) is 0. The predicted octanol–water partition coefficient (Wildman–Crippen LogP) is 4.31. The highest BCUT2D eigenvalue weighted by Gasteiger charge is 2.49. The molecule has 35 heavy (non-hydrogen) atoms. The van der Waals surface area contributed by atoms with Crippen LogP contribution < -0.4 is 10.6 Å². The lowest BCUT2D eigenvalue weighted by atomic mass is 9.76. The van der Waals surface area contributed by atoms with Gasteiger partial charge >= 0.3 is 12.1 Å². The van der Waals surface area contributed by atoms with Crippen LogP contribution in [0.25, 0.3) is 11.1 Å². The van der Waals surface area contributed by atoms with Gasteiger partial charge in [-0.3, -0.25) is 4.79 Å². The summed E-state index contributed by atoms with van der Waals surface area (Å²) in [6.07, 6.45) is 2.85. The Bertz CT molecular complexity index is 1100. The lowest BCUT2D eigenvalue weighted by Gasteiger charge is -2.37. The van der Waals surface area contributed by atoms with Gasteiger partial charge in [0.2, 0.25) is 5.91 Å². The van der Waals surface area contributed by atoms with E-state index in [1.807, 2.05) is 31.2 Å². The summed E-state index contributed by atoms with van der Waals surface area (Å²) >= 11 is 0. The number of aliphatic carboxylic acids is 1. The van der Waals surface area contributed by atoms with Crippen LogP contribution in [-0.4, -0.2) is 41.8 Å². The first-order valence-electron chi connectivity index (χ1n) is 12.5. The summed E-state index contributed by atoms with van der Waals surface area (Å²) < 4.78 is 5.57. The largest absolute Gasteiger partial charge is 0.480 e. The smallest absolute Gasteiger partial charge is 0.407 e. The average Bonchev–Trinajstić information content (AvgIpc) is 3.57. The van der Waals surface area contributed by atoms with Crippen molar-refractivity contribution < 1.29 is 24.2 Å². The predicted molar refractivity (Wildman–Crippen MR) is 131 cm³/mol. The number of carbonyl (C=O) groups is 3. The highest BCUT2D eigenvalue weighted by molar-refractivity contribution is 5.89. The molecule has 2 aromatic carbocycles. The molecule has 2 aromatic rings. The Morgan fingerprint density at radius 1 is 1.06 bits per heavy atom. The molecule has 2 amide bonds. The summed E-state index contributed by atoms with van der Waals surface area (Å²) in [5.74, 6) is -1.17. The van der Waals surface area contributed by atoms with Gasteiger partial charge in [0.15, 0.2) is 0 Å². The number of ether oxygens (including phenoxy) is 1. The molecule has 0 aromatic heterocycles. The second-order valence-corrected chi connectivity index (χ2v) is 10.4. The zero-order valence-corrected chi connectivity index (χ0v) is 20.0. The van der Waals surface area contributed by atoms with Crippen molar-refractivity contribution in [3.63, 3.8) is 0 Å². The number of hydrogen-bond donors (Lipinski definition) is 3. The van der Waals surface area contributed by atoms with Gasteiger partial charge in [-0.05, 0) is 53.4 Å². The van der Waals surface area contributed by atoms with Gasteiger partial charge < -0.3 is 20.5 Å². The number of carboxylic acids is 1. The van der Waals surface area contributed by atoms with Crippen LogP contribution in [0.2, 0.25) is 0 Å². The van der Waals surface area contributed by atoms with Gasteiger partial charge in [-0.2, -0.15) is 0 Å². The summed E-state index contributed by atoms with van der Waals surface area (Å²) in [5, 5.41) is 15.4. The molecule has 0 radical (unpaired) electrons. The molecule has 3 aliphatic carbocycles. The van der Waals surface area contributed by atoms with Crippen LogP contribution >= 0.6 is 0 Å². The van der Waals surface area contributed by atoms with Crippen molar-refractivity contribution in [2.75, 3.05) is 13.2 Å². The van der Waals surface area contributed by atoms with Crippen molar-refractivity contribution in [3.05, 3.63) is 59.7 Å². The molecular formula is C28H32N2O5. The maximum absolute atomic E-state index is 12.8. The molecular weight excluding hydrogens is 444 g/mol. The molecule has 2 unspecified atom stereocenters. The number of carbonyl (C=O) groups excluding carboxylic acids is 2. The number of amides is 2. The number of alkyl carbamates (subject to hydrolysis) is 1. The third-order valence-corrected chi connectivity index (χ3v) is 7.88. The van der Waals surface area contributed by atoms with Gasteiger partial charge in [-0.15, -0.1) is 0 Å².